The van der Waals surface area contributed by atoms with E-state index in [-0.39, 0.29) is 11.6 Å². The third kappa shape index (κ3) is 3.96. The van der Waals surface area contributed by atoms with Gasteiger partial charge in [-0.3, -0.25) is 0 Å². The van der Waals surface area contributed by atoms with Gasteiger partial charge in [-0.2, -0.15) is 0 Å². The van der Waals surface area contributed by atoms with Crippen molar-refractivity contribution < 1.29 is 19.4 Å². The van der Waals surface area contributed by atoms with Crippen molar-refractivity contribution >= 4 is 12.0 Å². The van der Waals surface area contributed by atoms with Crippen LogP contribution in [-0.2, 0) is 19.4 Å². The zero-order valence-electron chi connectivity index (χ0n) is 14.7. The standard InChI is InChI=1S/C20H22N2O4/c1-26-18-4-2-3-15-9-11-22(12-10-17(15)18)20(25)21-13-14-5-7-16(8-6-14)19(23)24/h2-8H,9-13H2,1H3,(H,21,25)(H,23,24). The van der Waals surface area contributed by atoms with Crippen LogP contribution in [0.4, 0.5) is 4.79 Å². The molecular weight excluding hydrogens is 332 g/mol. The van der Waals surface area contributed by atoms with E-state index in [9.17, 15) is 9.59 Å². The van der Waals surface area contributed by atoms with Gasteiger partial charge in [-0.1, -0.05) is 24.3 Å². The maximum Gasteiger partial charge on any atom is 0.335 e. The fraction of sp³-hybridized carbons (Fsp3) is 0.300. The summed E-state index contributed by atoms with van der Waals surface area (Å²) in [5, 5.41) is 11.8. The predicted molar refractivity (Wildman–Crippen MR) is 97.6 cm³/mol. The molecule has 0 saturated carbocycles. The number of carbonyl (C=O) groups excluding carboxylic acids is 1. The van der Waals surface area contributed by atoms with Crippen LogP contribution >= 0.6 is 0 Å². The number of hydrogen-bond acceptors (Lipinski definition) is 3. The zero-order chi connectivity index (χ0) is 18.5. The number of aromatic carboxylic acids is 1. The first-order valence-corrected chi connectivity index (χ1v) is 8.58. The summed E-state index contributed by atoms with van der Waals surface area (Å²) in [6.07, 6.45) is 1.56. The number of fused-ring (bicyclic) bond motifs is 1. The topological polar surface area (TPSA) is 78.9 Å². The summed E-state index contributed by atoms with van der Waals surface area (Å²) in [7, 11) is 1.67. The molecule has 2 amide bonds. The van der Waals surface area contributed by atoms with Crippen LogP contribution in [0.25, 0.3) is 0 Å². The Morgan fingerprint density at radius 2 is 1.85 bits per heavy atom. The Labute approximate surface area is 152 Å². The number of rotatable bonds is 4. The minimum Gasteiger partial charge on any atom is -0.496 e. The summed E-state index contributed by atoms with van der Waals surface area (Å²) in [5.41, 5.74) is 3.50. The Hall–Kier alpha value is -3.02. The van der Waals surface area contributed by atoms with Crippen LogP contribution in [0.5, 0.6) is 5.75 Å². The van der Waals surface area contributed by atoms with Crippen LogP contribution < -0.4 is 10.1 Å². The molecule has 0 bridgehead atoms. The van der Waals surface area contributed by atoms with Crippen LogP contribution in [-0.4, -0.2) is 42.2 Å². The van der Waals surface area contributed by atoms with Gasteiger partial charge >= 0.3 is 12.0 Å². The smallest absolute Gasteiger partial charge is 0.335 e. The molecule has 1 aliphatic heterocycles. The number of benzene rings is 2. The van der Waals surface area contributed by atoms with Gasteiger partial charge in [-0.15, -0.1) is 0 Å². The van der Waals surface area contributed by atoms with Gasteiger partial charge in [0.05, 0.1) is 12.7 Å². The number of nitrogens with zero attached hydrogens (tertiary/aromatic N) is 1. The lowest BCUT2D eigenvalue weighted by molar-refractivity contribution is 0.0697. The van der Waals surface area contributed by atoms with Crippen molar-refractivity contribution in [1.82, 2.24) is 10.2 Å². The molecule has 0 spiro atoms. The molecule has 0 atom stereocenters. The number of methoxy groups -OCH3 is 1. The van der Waals surface area contributed by atoms with Crippen molar-refractivity contribution in [1.29, 1.82) is 0 Å². The van der Waals surface area contributed by atoms with Crippen LogP contribution in [0.2, 0.25) is 0 Å². The summed E-state index contributed by atoms with van der Waals surface area (Å²) in [4.78, 5) is 25.2. The monoisotopic (exact) mass is 354 g/mol. The summed E-state index contributed by atoms with van der Waals surface area (Å²) in [6, 6.07) is 12.4. The average molecular weight is 354 g/mol. The van der Waals surface area contributed by atoms with Gasteiger partial charge in [0.25, 0.3) is 0 Å². The first-order valence-electron chi connectivity index (χ1n) is 8.58. The molecule has 1 heterocycles. The van der Waals surface area contributed by atoms with E-state index < -0.39 is 5.97 Å². The molecule has 26 heavy (non-hydrogen) atoms. The summed E-state index contributed by atoms with van der Waals surface area (Å²) in [5.74, 6) is -0.0802. The molecule has 2 aromatic carbocycles. The van der Waals surface area contributed by atoms with Gasteiger partial charge in [-0.25, -0.2) is 9.59 Å². The first-order chi connectivity index (χ1) is 12.6. The van der Waals surface area contributed by atoms with E-state index in [4.69, 9.17) is 9.84 Å². The van der Waals surface area contributed by atoms with Crippen molar-refractivity contribution in [2.75, 3.05) is 20.2 Å². The molecule has 136 valence electrons. The van der Waals surface area contributed by atoms with E-state index in [0.717, 1.165) is 24.2 Å². The number of nitrogens with one attached hydrogen (secondary N) is 1. The number of ether oxygens (including phenoxy) is 1. The van der Waals surface area contributed by atoms with E-state index in [1.54, 1.807) is 31.4 Å². The maximum atomic E-state index is 12.5. The van der Waals surface area contributed by atoms with E-state index in [0.29, 0.717) is 19.6 Å². The van der Waals surface area contributed by atoms with Crippen LogP contribution in [0, 0.1) is 0 Å². The van der Waals surface area contributed by atoms with Crippen molar-refractivity contribution in [3.8, 4) is 5.75 Å². The highest BCUT2D eigenvalue weighted by Crippen LogP contribution is 2.25. The van der Waals surface area contributed by atoms with E-state index in [1.165, 1.54) is 11.1 Å². The van der Waals surface area contributed by atoms with Gasteiger partial charge in [0.15, 0.2) is 0 Å². The lowest BCUT2D eigenvalue weighted by Gasteiger charge is -2.21. The zero-order valence-corrected chi connectivity index (χ0v) is 14.7. The molecule has 0 fully saturated rings. The third-order valence-corrected chi connectivity index (χ3v) is 4.66. The van der Waals surface area contributed by atoms with Gasteiger partial charge < -0.3 is 20.1 Å². The molecule has 2 aromatic rings. The molecular formula is C20H22N2O4. The second kappa shape index (κ2) is 7.91. The molecule has 2 N–H and O–H groups in total. The average Bonchev–Trinajstić information content (AvgIpc) is 2.89. The van der Waals surface area contributed by atoms with Gasteiger partial charge in [0, 0.05) is 19.6 Å². The number of urea groups is 1. The largest absolute Gasteiger partial charge is 0.496 e. The summed E-state index contributed by atoms with van der Waals surface area (Å²) >= 11 is 0. The highest BCUT2D eigenvalue weighted by molar-refractivity contribution is 5.87. The Morgan fingerprint density at radius 3 is 2.54 bits per heavy atom. The number of amides is 2. The van der Waals surface area contributed by atoms with Crippen LogP contribution in [0.1, 0.15) is 27.0 Å². The van der Waals surface area contributed by atoms with Crippen molar-refractivity contribution in [3.63, 3.8) is 0 Å². The van der Waals surface area contributed by atoms with Crippen molar-refractivity contribution in [2.24, 2.45) is 0 Å². The molecule has 0 unspecified atom stereocenters. The Balaban J connectivity index is 1.58. The van der Waals surface area contributed by atoms with Crippen LogP contribution in [0.3, 0.4) is 0 Å². The lowest BCUT2D eigenvalue weighted by atomic mass is 10.0. The minimum absolute atomic E-state index is 0.112. The van der Waals surface area contributed by atoms with E-state index >= 15 is 0 Å². The number of hydrogen-bond donors (Lipinski definition) is 2. The van der Waals surface area contributed by atoms with E-state index in [1.807, 2.05) is 17.0 Å². The molecule has 0 radical (unpaired) electrons. The maximum absolute atomic E-state index is 12.5. The number of carboxylic acids is 1. The number of carboxylic acid groups (broad SMARTS) is 1. The van der Waals surface area contributed by atoms with Gasteiger partial charge in [-0.05, 0) is 47.7 Å². The Bertz CT molecular complexity index is 802. The second-order valence-corrected chi connectivity index (χ2v) is 6.25. The fourth-order valence-electron chi connectivity index (χ4n) is 3.19. The molecule has 1 aliphatic rings. The van der Waals surface area contributed by atoms with Crippen molar-refractivity contribution in [3.05, 3.63) is 64.7 Å². The molecule has 6 heteroatoms. The number of carbonyl (C=O) groups is 2. The van der Waals surface area contributed by atoms with Gasteiger partial charge in [0.1, 0.15) is 5.75 Å². The predicted octanol–water partition coefficient (Wildman–Crippen LogP) is 2.70. The normalized spacial score (nSPS) is 13.5. The Kier molecular flexibility index (Phi) is 5.41. The van der Waals surface area contributed by atoms with Crippen molar-refractivity contribution in [2.45, 2.75) is 19.4 Å². The van der Waals surface area contributed by atoms with Crippen LogP contribution in [0.15, 0.2) is 42.5 Å². The summed E-state index contributed by atoms with van der Waals surface area (Å²) < 4.78 is 5.43. The molecule has 6 nitrogen and oxygen atoms in total. The van der Waals surface area contributed by atoms with E-state index in [2.05, 4.69) is 11.4 Å². The second-order valence-electron chi connectivity index (χ2n) is 6.25. The van der Waals surface area contributed by atoms with Gasteiger partial charge in [0.2, 0.25) is 0 Å². The quantitative estimate of drug-likeness (QED) is 0.885. The Morgan fingerprint density at radius 1 is 1.12 bits per heavy atom. The highest BCUT2D eigenvalue weighted by Gasteiger charge is 2.20. The molecule has 0 aliphatic carbocycles. The minimum atomic E-state index is -0.958. The molecule has 0 saturated heterocycles. The first kappa shape index (κ1) is 17.8. The summed E-state index contributed by atoms with van der Waals surface area (Å²) in [6.45, 7) is 1.66. The molecule has 3 rings (SSSR count). The highest BCUT2D eigenvalue weighted by atomic mass is 16.5. The lowest BCUT2D eigenvalue weighted by Crippen LogP contribution is -2.41. The SMILES string of the molecule is COc1cccc2c1CCN(C(=O)NCc1ccc(C(=O)O)cc1)CC2. The molecule has 0 aromatic heterocycles. The third-order valence-electron chi connectivity index (χ3n) is 4.66. The fourth-order valence-corrected chi connectivity index (χ4v) is 3.19.